The van der Waals surface area contributed by atoms with Crippen LogP contribution >= 0.6 is 0 Å². The molecule has 2 rings (SSSR count). The summed E-state index contributed by atoms with van der Waals surface area (Å²) in [6, 6.07) is 0.296. The first-order valence-corrected chi connectivity index (χ1v) is 4.18. The number of carbonyl (C=O) groups excluding carboxylic acids is 1. The van der Waals surface area contributed by atoms with E-state index in [-0.39, 0.29) is 6.61 Å². The van der Waals surface area contributed by atoms with E-state index in [9.17, 15) is 4.79 Å². The summed E-state index contributed by atoms with van der Waals surface area (Å²) in [6.45, 7) is -0.125. The highest BCUT2D eigenvalue weighted by Gasteiger charge is 2.29. The number of amides is 1. The molecule has 2 aliphatic rings. The standard InChI is InChI=1S/C8H11N3O2/c9-7(12)4-13-11-8-5-1-2-6(3-5)10-8/h1-2,5-6H,3-4H2,(H2,9,12)(H,10,11). The van der Waals surface area contributed by atoms with Gasteiger partial charge in [-0.05, 0) is 6.42 Å². The Kier molecular flexibility index (Phi) is 2.02. The van der Waals surface area contributed by atoms with Crippen LogP contribution in [0.1, 0.15) is 6.42 Å². The maximum Gasteiger partial charge on any atom is 0.246 e. The normalized spacial score (nSPS) is 29.1. The lowest BCUT2D eigenvalue weighted by Crippen LogP contribution is -2.31. The first-order valence-electron chi connectivity index (χ1n) is 4.18. The molecule has 3 N–H and O–H groups in total. The fourth-order valence-corrected chi connectivity index (χ4v) is 1.54. The number of nitrogens with one attached hydrogen (secondary N) is 1. The van der Waals surface area contributed by atoms with Crippen LogP contribution in [0, 0.1) is 5.92 Å². The van der Waals surface area contributed by atoms with E-state index in [2.05, 4.69) is 22.6 Å². The van der Waals surface area contributed by atoms with Crippen LogP contribution in [0.25, 0.3) is 0 Å². The second-order valence-electron chi connectivity index (χ2n) is 3.17. The predicted molar refractivity (Wildman–Crippen MR) is 46.8 cm³/mol. The van der Waals surface area contributed by atoms with E-state index >= 15 is 0 Å². The first-order chi connectivity index (χ1) is 6.25. The van der Waals surface area contributed by atoms with Crippen LogP contribution in [0.3, 0.4) is 0 Å². The number of aliphatic imine (C=N–C) groups is 1. The largest absolute Gasteiger partial charge is 0.368 e. The second-order valence-corrected chi connectivity index (χ2v) is 3.17. The van der Waals surface area contributed by atoms with Gasteiger partial charge in [0.25, 0.3) is 0 Å². The molecule has 2 bridgehead atoms. The van der Waals surface area contributed by atoms with Crippen molar-refractivity contribution in [3.05, 3.63) is 12.2 Å². The van der Waals surface area contributed by atoms with Crippen LogP contribution in [0.2, 0.25) is 0 Å². The van der Waals surface area contributed by atoms with E-state index in [0.717, 1.165) is 12.3 Å². The molecule has 0 saturated heterocycles. The van der Waals surface area contributed by atoms with Crippen LogP contribution < -0.4 is 11.2 Å². The van der Waals surface area contributed by atoms with Gasteiger partial charge in [-0.25, -0.2) is 0 Å². The van der Waals surface area contributed by atoms with Crippen LogP contribution in [0.4, 0.5) is 0 Å². The van der Waals surface area contributed by atoms with E-state index in [1.807, 2.05) is 0 Å². The lowest BCUT2D eigenvalue weighted by molar-refractivity contribution is -0.123. The topological polar surface area (TPSA) is 76.7 Å². The maximum atomic E-state index is 10.3. The number of primary amides is 1. The molecule has 0 spiro atoms. The van der Waals surface area contributed by atoms with Crippen molar-refractivity contribution in [2.75, 3.05) is 6.61 Å². The Bertz CT molecular complexity index is 285. The third-order valence-corrected chi connectivity index (χ3v) is 2.11. The third kappa shape index (κ3) is 1.70. The zero-order chi connectivity index (χ0) is 9.26. The van der Waals surface area contributed by atoms with Gasteiger partial charge in [0.05, 0.1) is 6.04 Å². The molecule has 0 fully saturated rings. The van der Waals surface area contributed by atoms with Crippen molar-refractivity contribution in [3.8, 4) is 0 Å². The van der Waals surface area contributed by atoms with Crippen molar-refractivity contribution in [1.82, 2.24) is 5.48 Å². The van der Waals surface area contributed by atoms with Crippen molar-refractivity contribution in [2.24, 2.45) is 16.6 Å². The van der Waals surface area contributed by atoms with Gasteiger partial charge < -0.3 is 5.73 Å². The number of hydroxylamine groups is 1. The predicted octanol–water partition coefficient (Wildman–Crippen LogP) is -0.650. The number of hydrogen-bond donors (Lipinski definition) is 2. The summed E-state index contributed by atoms with van der Waals surface area (Å²) >= 11 is 0. The number of hydrogen-bond acceptors (Lipinski definition) is 4. The number of fused-ring (bicyclic) bond motifs is 2. The van der Waals surface area contributed by atoms with Gasteiger partial charge in [0, 0.05) is 5.92 Å². The zero-order valence-electron chi connectivity index (χ0n) is 7.06. The Balaban J connectivity index is 1.78. The van der Waals surface area contributed by atoms with Crippen LogP contribution in [-0.4, -0.2) is 24.4 Å². The Hall–Kier alpha value is -1.36. The average molecular weight is 181 g/mol. The summed E-state index contributed by atoms with van der Waals surface area (Å²) in [7, 11) is 0. The molecule has 5 heteroatoms. The van der Waals surface area contributed by atoms with Crippen LogP contribution in [0.15, 0.2) is 17.1 Å². The molecule has 2 atom stereocenters. The molecule has 0 radical (unpaired) electrons. The monoisotopic (exact) mass is 181 g/mol. The molecule has 70 valence electrons. The molecular formula is C8H11N3O2. The quantitative estimate of drug-likeness (QED) is 0.448. The Labute approximate surface area is 75.6 Å². The molecule has 1 heterocycles. The number of rotatable bonds is 3. The van der Waals surface area contributed by atoms with Crippen molar-refractivity contribution < 1.29 is 9.63 Å². The van der Waals surface area contributed by atoms with E-state index in [1.165, 1.54) is 0 Å². The van der Waals surface area contributed by atoms with Crippen LogP contribution in [-0.2, 0) is 9.63 Å². The number of carbonyl (C=O) groups is 1. The second kappa shape index (κ2) is 3.18. The molecule has 0 saturated carbocycles. The first kappa shape index (κ1) is 8.25. The van der Waals surface area contributed by atoms with Crippen molar-refractivity contribution in [1.29, 1.82) is 0 Å². The van der Waals surface area contributed by atoms with Crippen molar-refractivity contribution in [2.45, 2.75) is 12.5 Å². The van der Waals surface area contributed by atoms with Gasteiger partial charge in [-0.15, -0.1) is 0 Å². The van der Waals surface area contributed by atoms with E-state index < -0.39 is 5.91 Å². The molecule has 0 aromatic rings. The third-order valence-electron chi connectivity index (χ3n) is 2.11. The summed E-state index contributed by atoms with van der Waals surface area (Å²) in [5, 5.41) is 0. The van der Waals surface area contributed by atoms with E-state index in [1.54, 1.807) is 0 Å². The lowest BCUT2D eigenvalue weighted by atomic mass is 10.1. The van der Waals surface area contributed by atoms with Crippen molar-refractivity contribution >= 4 is 11.7 Å². The highest BCUT2D eigenvalue weighted by Crippen LogP contribution is 2.27. The van der Waals surface area contributed by atoms with E-state index in [4.69, 9.17) is 10.6 Å². The molecule has 2 unspecified atom stereocenters. The molecule has 5 nitrogen and oxygen atoms in total. The van der Waals surface area contributed by atoms with Crippen molar-refractivity contribution in [3.63, 3.8) is 0 Å². The molecule has 1 aliphatic heterocycles. The van der Waals surface area contributed by atoms with Gasteiger partial charge in [-0.2, -0.15) is 0 Å². The number of amidine groups is 1. The molecule has 13 heavy (non-hydrogen) atoms. The maximum absolute atomic E-state index is 10.3. The van der Waals surface area contributed by atoms with Gasteiger partial charge in [0.1, 0.15) is 5.84 Å². The minimum Gasteiger partial charge on any atom is -0.368 e. The smallest absolute Gasteiger partial charge is 0.246 e. The zero-order valence-corrected chi connectivity index (χ0v) is 7.06. The Morgan fingerprint density at radius 2 is 2.62 bits per heavy atom. The summed E-state index contributed by atoms with van der Waals surface area (Å²) in [5.74, 6) is 0.637. The minimum absolute atomic E-state index is 0.125. The molecule has 0 aromatic heterocycles. The number of nitrogens with two attached hydrogens (primary N) is 1. The molecular weight excluding hydrogens is 170 g/mol. The fraction of sp³-hybridized carbons (Fsp3) is 0.500. The summed E-state index contributed by atoms with van der Waals surface area (Å²) in [5.41, 5.74) is 7.54. The summed E-state index contributed by atoms with van der Waals surface area (Å²) in [4.78, 5) is 19.5. The SMILES string of the molecule is NC(=O)CONC1=NC2C=CC1C2. The van der Waals surface area contributed by atoms with Crippen LogP contribution in [0.5, 0.6) is 0 Å². The molecule has 0 aromatic carbocycles. The van der Waals surface area contributed by atoms with E-state index in [0.29, 0.717) is 12.0 Å². The van der Waals surface area contributed by atoms with Gasteiger partial charge >= 0.3 is 0 Å². The van der Waals surface area contributed by atoms with Gasteiger partial charge in [0.2, 0.25) is 5.91 Å². The number of nitrogens with zero attached hydrogens (tertiary/aromatic N) is 1. The Morgan fingerprint density at radius 3 is 3.15 bits per heavy atom. The molecule has 1 amide bonds. The highest BCUT2D eigenvalue weighted by molar-refractivity contribution is 5.88. The summed E-state index contributed by atoms with van der Waals surface area (Å²) in [6.07, 6.45) is 5.18. The molecule has 1 aliphatic carbocycles. The number of dihydropyridines is 1. The van der Waals surface area contributed by atoms with Gasteiger partial charge in [-0.1, -0.05) is 12.2 Å². The van der Waals surface area contributed by atoms with Gasteiger partial charge in [-0.3, -0.25) is 20.1 Å². The summed E-state index contributed by atoms with van der Waals surface area (Å²) < 4.78 is 0. The average Bonchev–Trinajstić information content (AvgIpc) is 2.64. The Morgan fingerprint density at radius 1 is 1.77 bits per heavy atom. The highest BCUT2D eigenvalue weighted by atomic mass is 16.6. The fourth-order valence-electron chi connectivity index (χ4n) is 1.54. The minimum atomic E-state index is -0.494. The van der Waals surface area contributed by atoms with Gasteiger partial charge in [0.15, 0.2) is 6.61 Å². The lowest BCUT2D eigenvalue weighted by Gasteiger charge is -2.09.